The summed E-state index contributed by atoms with van der Waals surface area (Å²) in [5.41, 5.74) is 1.66. The molecule has 1 heterocycles. The third-order valence-electron chi connectivity index (χ3n) is 4.56. The minimum Gasteiger partial charge on any atom is -0.491 e. The van der Waals surface area contributed by atoms with Crippen molar-refractivity contribution in [2.75, 3.05) is 6.61 Å². The molecule has 2 aromatic rings. The van der Waals surface area contributed by atoms with Crippen molar-refractivity contribution in [2.45, 2.75) is 13.0 Å². The van der Waals surface area contributed by atoms with Gasteiger partial charge in [0.15, 0.2) is 11.9 Å². The van der Waals surface area contributed by atoms with E-state index in [9.17, 15) is 14.4 Å². The summed E-state index contributed by atoms with van der Waals surface area (Å²) in [7, 11) is 0. The maximum Gasteiger partial charge on any atom is 0.335 e. The van der Waals surface area contributed by atoms with E-state index in [-0.39, 0.29) is 12.4 Å². The summed E-state index contributed by atoms with van der Waals surface area (Å²) in [6, 6.07) is 18.5. The highest BCUT2D eigenvalue weighted by Gasteiger charge is 2.36. The lowest BCUT2D eigenvalue weighted by atomic mass is 9.99. The summed E-state index contributed by atoms with van der Waals surface area (Å²) < 4.78 is 16.2. The van der Waals surface area contributed by atoms with E-state index in [1.165, 1.54) is 12.2 Å². The van der Waals surface area contributed by atoms with Crippen molar-refractivity contribution in [3.05, 3.63) is 95.5 Å². The van der Waals surface area contributed by atoms with Crippen molar-refractivity contribution in [1.82, 2.24) is 0 Å². The molecule has 0 saturated carbocycles. The standard InChI is InChI=1S/C25H22O6/c1-18-25(31-24(28)15-13-20-10-6-3-7-11-20)21(16-26)22(17-29-18)30-23(27)14-12-19-8-4-2-5-9-19/h2-16,21-22H,17H2,1H3/b14-12+,15-13+. The molecule has 2 unspecified atom stereocenters. The van der Waals surface area contributed by atoms with Crippen LogP contribution in [0.25, 0.3) is 12.2 Å². The van der Waals surface area contributed by atoms with Crippen molar-refractivity contribution in [3.8, 4) is 0 Å². The molecular weight excluding hydrogens is 396 g/mol. The van der Waals surface area contributed by atoms with Gasteiger partial charge >= 0.3 is 11.9 Å². The summed E-state index contributed by atoms with van der Waals surface area (Å²) in [6.45, 7) is 1.58. The second-order valence-corrected chi connectivity index (χ2v) is 6.78. The Morgan fingerprint density at radius 3 is 2.00 bits per heavy atom. The van der Waals surface area contributed by atoms with Crippen LogP contribution in [0.1, 0.15) is 18.1 Å². The van der Waals surface area contributed by atoms with Crippen LogP contribution in [-0.2, 0) is 28.6 Å². The second-order valence-electron chi connectivity index (χ2n) is 6.78. The third-order valence-corrected chi connectivity index (χ3v) is 4.56. The van der Waals surface area contributed by atoms with Gasteiger partial charge in [-0.3, -0.25) is 0 Å². The fourth-order valence-corrected chi connectivity index (χ4v) is 2.97. The molecule has 0 aromatic heterocycles. The maximum atomic E-state index is 12.2. The van der Waals surface area contributed by atoms with Crippen molar-refractivity contribution in [2.24, 2.45) is 5.92 Å². The molecule has 0 amide bonds. The lowest BCUT2D eigenvalue weighted by Gasteiger charge is -2.29. The fourth-order valence-electron chi connectivity index (χ4n) is 2.97. The van der Waals surface area contributed by atoms with Crippen LogP contribution in [-0.4, -0.2) is 30.9 Å². The number of hydrogen-bond acceptors (Lipinski definition) is 6. The first kappa shape index (κ1) is 21.8. The Bertz CT molecular complexity index is 1000. The predicted molar refractivity (Wildman–Crippen MR) is 115 cm³/mol. The maximum absolute atomic E-state index is 12.2. The number of aldehydes is 1. The van der Waals surface area contributed by atoms with Gasteiger partial charge in [-0.25, -0.2) is 9.59 Å². The van der Waals surface area contributed by atoms with Gasteiger partial charge in [0.05, 0.1) is 0 Å². The number of hydrogen-bond donors (Lipinski definition) is 0. The first-order valence-corrected chi connectivity index (χ1v) is 9.74. The van der Waals surface area contributed by atoms with E-state index < -0.39 is 24.0 Å². The highest BCUT2D eigenvalue weighted by atomic mass is 16.6. The largest absolute Gasteiger partial charge is 0.491 e. The monoisotopic (exact) mass is 418 g/mol. The van der Waals surface area contributed by atoms with Gasteiger partial charge in [-0.2, -0.15) is 0 Å². The van der Waals surface area contributed by atoms with Crippen LogP contribution < -0.4 is 0 Å². The van der Waals surface area contributed by atoms with Crippen LogP contribution in [0.15, 0.2) is 84.3 Å². The Morgan fingerprint density at radius 2 is 1.45 bits per heavy atom. The lowest BCUT2D eigenvalue weighted by molar-refractivity contribution is -0.153. The first-order valence-electron chi connectivity index (χ1n) is 9.74. The Labute approximate surface area is 180 Å². The molecule has 0 bridgehead atoms. The van der Waals surface area contributed by atoms with Crippen molar-refractivity contribution < 1.29 is 28.6 Å². The van der Waals surface area contributed by atoms with Gasteiger partial charge < -0.3 is 19.0 Å². The normalized spacial score (nSPS) is 18.6. The summed E-state index contributed by atoms with van der Waals surface area (Å²) in [5, 5.41) is 0. The third kappa shape index (κ3) is 6.27. The number of carbonyl (C=O) groups excluding carboxylic acids is 3. The van der Waals surface area contributed by atoms with E-state index >= 15 is 0 Å². The Hall–Kier alpha value is -3.93. The highest BCUT2D eigenvalue weighted by molar-refractivity contribution is 5.88. The molecule has 1 aliphatic rings. The molecule has 0 spiro atoms. The number of allylic oxidation sites excluding steroid dienone is 1. The molecule has 1 aliphatic heterocycles. The van der Waals surface area contributed by atoms with Crippen LogP contribution in [0.2, 0.25) is 0 Å². The SMILES string of the molecule is CC1=C(OC(=O)/C=C/c2ccccc2)C(C=O)C(OC(=O)/C=C/c2ccccc2)CO1. The number of ether oxygens (including phenoxy) is 3. The van der Waals surface area contributed by atoms with Gasteiger partial charge in [0, 0.05) is 12.2 Å². The molecule has 6 heteroatoms. The van der Waals surface area contributed by atoms with E-state index in [2.05, 4.69) is 0 Å². The van der Waals surface area contributed by atoms with E-state index in [0.717, 1.165) is 11.1 Å². The van der Waals surface area contributed by atoms with Crippen LogP contribution in [0.4, 0.5) is 0 Å². The smallest absolute Gasteiger partial charge is 0.335 e. The molecule has 0 radical (unpaired) electrons. The van der Waals surface area contributed by atoms with E-state index in [0.29, 0.717) is 12.0 Å². The minimum absolute atomic E-state index is 0.0128. The Balaban J connectivity index is 1.65. The Kier molecular flexibility index (Phi) is 7.54. The topological polar surface area (TPSA) is 78.9 Å². The zero-order chi connectivity index (χ0) is 22.1. The quantitative estimate of drug-likeness (QED) is 0.385. The van der Waals surface area contributed by atoms with E-state index in [1.54, 1.807) is 19.1 Å². The average molecular weight is 418 g/mol. The molecule has 158 valence electrons. The molecule has 0 N–H and O–H groups in total. The van der Waals surface area contributed by atoms with E-state index in [1.807, 2.05) is 60.7 Å². The van der Waals surface area contributed by atoms with Crippen LogP contribution in [0.5, 0.6) is 0 Å². The van der Waals surface area contributed by atoms with Crippen molar-refractivity contribution in [3.63, 3.8) is 0 Å². The van der Waals surface area contributed by atoms with Crippen molar-refractivity contribution in [1.29, 1.82) is 0 Å². The molecule has 2 atom stereocenters. The van der Waals surface area contributed by atoms with Crippen molar-refractivity contribution >= 4 is 30.4 Å². The number of benzene rings is 2. The molecule has 3 rings (SSSR count). The molecule has 31 heavy (non-hydrogen) atoms. The van der Waals surface area contributed by atoms with Gasteiger partial charge in [-0.15, -0.1) is 0 Å². The number of carbonyl (C=O) groups is 3. The molecule has 0 aliphatic carbocycles. The van der Waals surface area contributed by atoms with Crippen LogP contribution >= 0.6 is 0 Å². The molecule has 0 saturated heterocycles. The van der Waals surface area contributed by atoms with Gasteiger partial charge in [0.25, 0.3) is 0 Å². The zero-order valence-electron chi connectivity index (χ0n) is 17.0. The van der Waals surface area contributed by atoms with E-state index in [4.69, 9.17) is 14.2 Å². The van der Waals surface area contributed by atoms with Crippen LogP contribution in [0, 0.1) is 5.92 Å². The summed E-state index contributed by atoms with van der Waals surface area (Å²) in [4.78, 5) is 36.2. The van der Waals surface area contributed by atoms with Gasteiger partial charge in [-0.05, 0) is 30.2 Å². The zero-order valence-corrected chi connectivity index (χ0v) is 17.0. The number of esters is 2. The predicted octanol–water partition coefficient (Wildman–Crippen LogP) is 3.95. The molecular formula is C25H22O6. The van der Waals surface area contributed by atoms with Gasteiger partial charge in [-0.1, -0.05) is 60.7 Å². The molecule has 6 nitrogen and oxygen atoms in total. The summed E-state index contributed by atoms with van der Waals surface area (Å²) >= 11 is 0. The fraction of sp³-hybridized carbons (Fsp3) is 0.160. The van der Waals surface area contributed by atoms with Crippen LogP contribution in [0.3, 0.4) is 0 Å². The molecule has 0 fully saturated rings. The van der Waals surface area contributed by atoms with Gasteiger partial charge in [0.1, 0.15) is 24.6 Å². The average Bonchev–Trinajstić information content (AvgIpc) is 2.80. The Morgan fingerprint density at radius 1 is 0.903 bits per heavy atom. The summed E-state index contributed by atoms with van der Waals surface area (Å²) in [5.74, 6) is -1.90. The first-order chi connectivity index (χ1) is 15.1. The minimum atomic E-state index is -0.947. The second kappa shape index (κ2) is 10.7. The molecule has 2 aromatic carbocycles. The van der Waals surface area contributed by atoms with Gasteiger partial charge in [0.2, 0.25) is 0 Å². The lowest BCUT2D eigenvalue weighted by Crippen LogP contribution is -2.38. The summed E-state index contributed by atoms with van der Waals surface area (Å²) in [6.07, 6.45) is 5.43. The number of rotatable bonds is 7. The highest BCUT2D eigenvalue weighted by Crippen LogP contribution is 2.28.